The summed E-state index contributed by atoms with van der Waals surface area (Å²) < 4.78 is 0. The maximum atomic E-state index is 14.5. The number of aryl methyl sites for hydroxylation is 1. The van der Waals surface area contributed by atoms with Gasteiger partial charge in [-0.3, -0.25) is 33.6 Å². The highest BCUT2D eigenvalue weighted by Gasteiger charge is 2.50. The molecule has 0 saturated carbocycles. The lowest BCUT2D eigenvalue weighted by atomic mass is 9.96. The third-order valence-electron chi connectivity index (χ3n) is 15.4. The van der Waals surface area contributed by atoms with Gasteiger partial charge in [0.15, 0.2) is 6.23 Å². The van der Waals surface area contributed by atoms with Gasteiger partial charge in [0, 0.05) is 37.4 Å². The third-order valence-corrected chi connectivity index (χ3v) is 15.4. The number of hydrogen-bond donors (Lipinski definition) is 14. The molecular weight excluding hydrogens is 1060 g/mol. The number of rotatable bonds is 14. The minimum Gasteiger partial charge on any atom is -0.508 e. The molecule has 23 heteroatoms. The second kappa shape index (κ2) is 27.6. The van der Waals surface area contributed by atoms with E-state index in [0.29, 0.717) is 0 Å². The molecule has 3 heterocycles. The summed E-state index contributed by atoms with van der Waals surface area (Å²) in [6.07, 6.45) is -11.0. The van der Waals surface area contributed by atoms with E-state index in [0.717, 1.165) is 70.9 Å². The number of carbonyl (C=O) groups excluding carboxylic acids is 7. The monoisotopic (exact) mass is 1140 g/mol. The second-order valence-corrected chi connectivity index (χ2v) is 21.7. The second-order valence-electron chi connectivity index (χ2n) is 21.7. The smallest absolute Gasteiger partial charge is 0.251 e. The number of aliphatic hydroxyl groups excluding tert-OH is 8. The normalized spacial score (nSPS) is 27.6. The van der Waals surface area contributed by atoms with Crippen LogP contribution in [-0.2, 0) is 35.2 Å². The van der Waals surface area contributed by atoms with E-state index in [2.05, 4.69) is 57.8 Å². The Balaban J connectivity index is 1.18. The van der Waals surface area contributed by atoms with Crippen molar-refractivity contribution in [2.45, 2.75) is 158 Å². The zero-order chi connectivity index (χ0) is 59.7. The predicted molar refractivity (Wildman–Crippen MR) is 296 cm³/mol. The summed E-state index contributed by atoms with van der Waals surface area (Å²) in [4.78, 5) is 102. The topological polar surface area (TPSA) is 368 Å². The number of unbranched alkanes of at least 4 members (excludes halogenated alkanes) is 3. The Bertz CT molecular complexity index is 2870. The lowest BCUT2D eigenvalue weighted by Gasteiger charge is -2.34. The largest absolute Gasteiger partial charge is 0.508 e. The van der Waals surface area contributed by atoms with Crippen molar-refractivity contribution in [1.82, 2.24) is 36.4 Å². The van der Waals surface area contributed by atoms with Gasteiger partial charge < -0.3 is 82.3 Å². The molecule has 23 nitrogen and oxygen atoms in total. The standard InChI is InChI=1S/C59H75N7O16/c1-5-6-7-8-9-33-10-12-34(13-11-33)35-14-16-36(17-15-35)37-18-20-39(21-19-37)52(75)60-42-27-44(71)55(78)64-57(80)48-49(72)30(2)28-66(48)59(82)46(32(4)68)62-56(79)47(51(74)50(73)38-22-24-40(69)25-23-38)63-54(77)43-26-41(70)29-65(43)58(81)45(31(3)67)61-53(42)76/h10-25,30-32,41-51,55,67-74,78H,5-9,26-29H2,1-4H3,(H,60,75)(H,61,76)(H,62,79)(H,63,77)(H,64,80)/t30-,31+,32+,41+,42-,43-,44+,45-,46-,47-,48-,49-,50-,51-,55+/m0/s1. The van der Waals surface area contributed by atoms with E-state index in [4.69, 9.17) is 0 Å². The average molecular weight is 1140 g/mol. The summed E-state index contributed by atoms with van der Waals surface area (Å²) >= 11 is 0. The molecule has 0 aromatic heterocycles. The van der Waals surface area contributed by atoms with Gasteiger partial charge in [0.05, 0.1) is 24.4 Å². The number of benzene rings is 4. The molecule has 4 aromatic carbocycles. The van der Waals surface area contributed by atoms with Crippen LogP contribution in [0.2, 0.25) is 0 Å². The Kier molecular flexibility index (Phi) is 21.0. The minimum absolute atomic E-state index is 0.0216. The van der Waals surface area contributed by atoms with Gasteiger partial charge in [-0.15, -0.1) is 0 Å². The average Bonchev–Trinajstić information content (AvgIpc) is 4.06. The molecule has 7 rings (SSSR count). The third kappa shape index (κ3) is 14.8. The summed E-state index contributed by atoms with van der Waals surface area (Å²) in [5, 5.41) is 111. The predicted octanol–water partition coefficient (Wildman–Crippen LogP) is -0.373. The van der Waals surface area contributed by atoms with Crippen LogP contribution in [0.3, 0.4) is 0 Å². The van der Waals surface area contributed by atoms with Crippen LogP contribution in [0.15, 0.2) is 97.1 Å². The van der Waals surface area contributed by atoms with Gasteiger partial charge in [-0.1, -0.05) is 106 Å². The number of fused-ring (bicyclic) bond motifs is 2. The molecular formula is C59H75N7O16. The van der Waals surface area contributed by atoms with Crippen LogP contribution in [0.4, 0.5) is 0 Å². The van der Waals surface area contributed by atoms with Crippen molar-refractivity contribution in [3.63, 3.8) is 0 Å². The molecule has 0 radical (unpaired) electrons. The highest BCUT2D eigenvalue weighted by molar-refractivity contribution is 6.00. The maximum Gasteiger partial charge on any atom is 0.251 e. The molecule has 7 amide bonds. The summed E-state index contributed by atoms with van der Waals surface area (Å²) in [5.74, 6) is -9.41. The highest BCUT2D eigenvalue weighted by Crippen LogP contribution is 2.29. The van der Waals surface area contributed by atoms with Crippen molar-refractivity contribution >= 4 is 41.4 Å². The molecule has 0 unspecified atom stereocenters. The number of phenols is 1. The maximum absolute atomic E-state index is 14.5. The van der Waals surface area contributed by atoms with E-state index < -0.39 is 152 Å². The Hall–Kier alpha value is -7.35. The first-order chi connectivity index (χ1) is 39.0. The van der Waals surface area contributed by atoms with Crippen molar-refractivity contribution in [2.24, 2.45) is 5.92 Å². The molecule has 0 bridgehead atoms. The number of hydrogen-bond acceptors (Lipinski definition) is 16. The van der Waals surface area contributed by atoms with Crippen molar-refractivity contribution in [2.75, 3.05) is 13.1 Å². The van der Waals surface area contributed by atoms with Crippen LogP contribution in [0.25, 0.3) is 22.3 Å². The van der Waals surface area contributed by atoms with Gasteiger partial charge in [-0.05, 0) is 84.3 Å². The number of nitrogens with zero attached hydrogens (tertiary/aromatic N) is 2. The number of aliphatic hydroxyl groups is 8. The molecule has 3 aliphatic rings. The summed E-state index contributed by atoms with van der Waals surface area (Å²) in [5.41, 5.74) is 4.85. The fraction of sp³-hybridized carbons (Fsp3) is 0.475. The lowest BCUT2D eigenvalue weighted by molar-refractivity contribution is -0.148. The van der Waals surface area contributed by atoms with Gasteiger partial charge >= 0.3 is 0 Å². The number of aromatic hydroxyl groups is 1. The van der Waals surface area contributed by atoms with E-state index in [1.807, 2.05) is 24.3 Å². The number of phenolic OH excluding ortho intramolecular Hbond substituents is 1. The quantitative estimate of drug-likeness (QED) is 0.0716. The Morgan fingerprint density at radius 3 is 1.70 bits per heavy atom. The molecule has 82 heavy (non-hydrogen) atoms. The van der Waals surface area contributed by atoms with Crippen LogP contribution >= 0.6 is 0 Å². The van der Waals surface area contributed by atoms with Gasteiger partial charge in [0.1, 0.15) is 60.3 Å². The lowest BCUT2D eigenvalue weighted by Crippen LogP contribution is -2.64. The summed E-state index contributed by atoms with van der Waals surface area (Å²) in [6, 6.07) is 15.7. The van der Waals surface area contributed by atoms with E-state index in [-0.39, 0.29) is 23.4 Å². The molecule has 15 atom stereocenters. The van der Waals surface area contributed by atoms with E-state index in [9.17, 15) is 79.5 Å². The molecule has 3 aliphatic heterocycles. The van der Waals surface area contributed by atoms with Gasteiger partial charge in [-0.25, -0.2) is 0 Å². The molecule has 0 spiro atoms. The van der Waals surface area contributed by atoms with Crippen LogP contribution in [-0.4, -0.2) is 189 Å². The van der Waals surface area contributed by atoms with E-state index in [1.165, 1.54) is 56.0 Å². The van der Waals surface area contributed by atoms with Crippen LogP contribution in [0.1, 0.15) is 93.8 Å². The highest BCUT2D eigenvalue weighted by atomic mass is 16.3. The first kappa shape index (κ1) is 62.3. The minimum atomic E-state index is -2.29. The Morgan fingerprint density at radius 1 is 0.610 bits per heavy atom. The zero-order valence-electron chi connectivity index (χ0n) is 46.0. The number of amides is 7. The molecule has 442 valence electrons. The summed E-state index contributed by atoms with van der Waals surface area (Å²) in [6.45, 7) is 4.90. The number of nitrogens with one attached hydrogen (secondary N) is 5. The van der Waals surface area contributed by atoms with Gasteiger partial charge in [0.2, 0.25) is 35.4 Å². The fourth-order valence-corrected chi connectivity index (χ4v) is 10.6. The Morgan fingerprint density at radius 2 is 1.13 bits per heavy atom. The van der Waals surface area contributed by atoms with Crippen LogP contribution in [0.5, 0.6) is 5.75 Å². The van der Waals surface area contributed by atoms with E-state index >= 15 is 0 Å². The van der Waals surface area contributed by atoms with Crippen LogP contribution < -0.4 is 26.6 Å². The van der Waals surface area contributed by atoms with Gasteiger partial charge in [0.25, 0.3) is 5.91 Å². The molecule has 0 aliphatic carbocycles. The molecule has 3 fully saturated rings. The van der Waals surface area contributed by atoms with Crippen molar-refractivity contribution < 1.29 is 79.5 Å². The first-order valence-corrected chi connectivity index (χ1v) is 27.6. The molecule has 14 N–H and O–H groups in total. The van der Waals surface area contributed by atoms with Gasteiger partial charge in [-0.2, -0.15) is 0 Å². The fourth-order valence-electron chi connectivity index (χ4n) is 10.6. The molecule has 4 aromatic rings. The zero-order valence-corrected chi connectivity index (χ0v) is 46.0. The van der Waals surface area contributed by atoms with Crippen LogP contribution in [0, 0.1) is 5.92 Å². The summed E-state index contributed by atoms with van der Waals surface area (Å²) in [7, 11) is 0. The van der Waals surface area contributed by atoms with Crippen molar-refractivity contribution in [3.05, 3.63) is 114 Å². The van der Waals surface area contributed by atoms with E-state index in [1.54, 1.807) is 12.1 Å². The SMILES string of the molecule is CCCCCCc1ccc(-c2ccc(-c3ccc(C(=O)N[C@H]4C[C@@H](O)[C@@H](O)NC(=O)[C@@H]5[C@@H](O)[C@@H](C)CN5C(=O)[C@H]([C@@H](C)O)NC(=O)[C@H]([C@H](O)[C@@H](O)c5ccc(O)cc5)NC(=O)[C@@H]5C[C@@H](O)CN5C(=O)[C@H]([C@@H](C)O)NC4=O)cc3)cc2)cc1. The van der Waals surface area contributed by atoms with Crippen molar-refractivity contribution in [1.29, 1.82) is 0 Å². The number of carbonyl (C=O) groups is 7. The van der Waals surface area contributed by atoms with Crippen molar-refractivity contribution in [3.8, 4) is 28.0 Å². The Labute approximate surface area is 474 Å². The molecule has 3 saturated heterocycles. The first-order valence-electron chi connectivity index (χ1n) is 27.6.